The number of esters is 1. The van der Waals surface area contributed by atoms with Crippen LogP contribution in [0, 0.1) is 0 Å². The van der Waals surface area contributed by atoms with Gasteiger partial charge in [0, 0.05) is 38.8 Å². The lowest BCUT2D eigenvalue weighted by atomic mass is 9.93. The van der Waals surface area contributed by atoms with Crippen LogP contribution in [0.1, 0.15) is 31.9 Å². The lowest BCUT2D eigenvalue weighted by molar-refractivity contribution is -0.138. The van der Waals surface area contributed by atoms with Crippen molar-refractivity contribution < 1.29 is 28.6 Å². The zero-order valence-electron chi connectivity index (χ0n) is 22.1. The molecule has 0 aromatic heterocycles. The number of fused-ring (bicyclic) bond motifs is 1. The van der Waals surface area contributed by atoms with Gasteiger partial charge in [-0.05, 0) is 30.0 Å². The highest BCUT2D eigenvalue weighted by Gasteiger charge is 2.42. The molecular formula is C27H32N4O6S. The van der Waals surface area contributed by atoms with Gasteiger partial charge in [-0.3, -0.25) is 9.59 Å². The number of benzene rings is 1. The maximum absolute atomic E-state index is 13.3. The number of amides is 2. The molecule has 0 saturated carbocycles. The van der Waals surface area contributed by atoms with E-state index in [1.807, 2.05) is 22.4 Å². The van der Waals surface area contributed by atoms with Gasteiger partial charge in [0.25, 0.3) is 0 Å². The number of nitrogens with zero attached hydrogens (tertiary/aromatic N) is 4. The van der Waals surface area contributed by atoms with Crippen LogP contribution < -0.4 is 9.47 Å². The number of hydrogen-bond donors (Lipinski definition) is 0. The van der Waals surface area contributed by atoms with E-state index >= 15 is 0 Å². The predicted octanol–water partition coefficient (Wildman–Crippen LogP) is 3.09. The van der Waals surface area contributed by atoms with Gasteiger partial charge >= 0.3 is 5.97 Å². The maximum atomic E-state index is 13.3. The summed E-state index contributed by atoms with van der Waals surface area (Å²) in [5.74, 6) is 0.533. The first-order valence-corrected chi connectivity index (χ1v) is 13.1. The van der Waals surface area contributed by atoms with Crippen molar-refractivity contribution in [1.82, 2.24) is 14.7 Å². The summed E-state index contributed by atoms with van der Waals surface area (Å²) in [6.45, 7) is 9.01. The Morgan fingerprint density at radius 3 is 2.42 bits per heavy atom. The third-order valence-electron chi connectivity index (χ3n) is 6.69. The molecule has 11 heteroatoms. The maximum Gasteiger partial charge on any atom is 0.338 e. The van der Waals surface area contributed by atoms with Crippen molar-refractivity contribution in [2.24, 2.45) is 4.99 Å². The highest BCUT2D eigenvalue weighted by molar-refractivity contribution is 8.16. The first-order valence-electron chi connectivity index (χ1n) is 12.3. The van der Waals surface area contributed by atoms with E-state index in [4.69, 9.17) is 14.2 Å². The van der Waals surface area contributed by atoms with Gasteiger partial charge in [0.1, 0.15) is 6.61 Å². The summed E-state index contributed by atoms with van der Waals surface area (Å²) in [5, 5.41) is 2.58. The number of piperazine rings is 1. The molecule has 0 N–H and O–H groups in total. The van der Waals surface area contributed by atoms with Crippen LogP contribution in [0.15, 0.2) is 58.2 Å². The Bertz CT molecular complexity index is 1230. The van der Waals surface area contributed by atoms with Gasteiger partial charge in [0.15, 0.2) is 16.7 Å². The highest BCUT2D eigenvalue weighted by Crippen LogP contribution is 2.46. The first-order chi connectivity index (χ1) is 18.3. The van der Waals surface area contributed by atoms with Crippen molar-refractivity contribution in [3.05, 3.63) is 58.8 Å². The lowest BCUT2D eigenvalue weighted by Gasteiger charge is -2.38. The average Bonchev–Trinajstić information content (AvgIpc) is 3.32. The number of carbonyl (C=O) groups excluding carboxylic acids is 3. The van der Waals surface area contributed by atoms with Gasteiger partial charge in [-0.2, -0.15) is 0 Å². The van der Waals surface area contributed by atoms with Crippen LogP contribution in [0.3, 0.4) is 0 Å². The zero-order chi connectivity index (χ0) is 27.4. The van der Waals surface area contributed by atoms with Crippen LogP contribution in [0.5, 0.6) is 11.5 Å². The van der Waals surface area contributed by atoms with Crippen LogP contribution >= 0.6 is 11.8 Å². The van der Waals surface area contributed by atoms with Gasteiger partial charge in [-0.1, -0.05) is 30.5 Å². The number of allylic oxidation sites excluding steroid dienone is 1. The van der Waals surface area contributed by atoms with Gasteiger partial charge in [-0.15, -0.1) is 0 Å². The summed E-state index contributed by atoms with van der Waals surface area (Å²) in [5.41, 5.74) is 2.41. The van der Waals surface area contributed by atoms with Crippen LogP contribution in [0.4, 0.5) is 0 Å². The Kier molecular flexibility index (Phi) is 8.45. The minimum absolute atomic E-state index is 0.0111. The number of aliphatic imine (C=N–C) groups is 1. The molecule has 4 rings (SSSR count). The van der Waals surface area contributed by atoms with Gasteiger partial charge in [-0.25, -0.2) is 9.79 Å². The molecule has 1 fully saturated rings. The van der Waals surface area contributed by atoms with E-state index in [2.05, 4.69) is 11.6 Å². The summed E-state index contributed by atoms with van der Waals surface area (Å²) in [7, 11) is 3.11. The quantitative estimate of drug-likeness (QED) is 0.366. The Morgan fingerprint density at radius 1 is 1.11 bits per heavy atom. The molecule has 3 aliphatic rings. The average molecular weight is 541 g/mol. The Hall–Kier alpha value is -3.73. The second-order valence-corrected chi connectivity index (χ2v) is 9.79. The molecule has 1 unspecified atom stereocenters. The van der Waals surface area contributed by atoms with Crippen LogP contribution in [0.2, 0.25) is 0 Å². The second-order valence-electron chi connectivity index (χ2n) is 8.96. The zero-order valence-corrected chi connectivity index (χ0v) is 22.9. The minimum Gasteiger partial charge on any atom is -0.493 e. The highest BCUT2D eigenvalue weighted by atomic mass is 32.2. The third kappa shape index (κ3) is 5.42. The summed E-state index contributed by atoms with van der Waals surface area (Å²) in [6, 6.07) is 4.88. The molecule has 1 atom stereocenters. The van der Waals surface area contributed by atoms with E-state index in [9.17, 15) is 14.4 Å². The van der Waals surface area contributed by atoms with Gasteiger partial charge < -0.3 is 28.9 Å². The molecule has 0 radical (unpaired) electrons. The molecule has 0 bridgehead atoms. The largest absolute Gasteiger partial charge is 0.493 e. The second kappa shape index (κ2) is 11.8. The first kappa shape index (κ1) is 27.3. The molecule has 2 amide bonds. The molecule has 10 nitrogen and oxygen atoms in total. The van der Waals surface area contributed by atoms with E-state index in [0.717, 1.165) is 11.3 Å². The van der Waals surface area contributed by atoms with Gasteiger partial charge in [0.05, 0.1) is 38.0 Å². The third-order valence-corrected chi connectivity index (χ3v) is 7.57. The topological polar surface area (TPSA) is 101 Å². The number of amidine groups is 1. The summed E-state index contributed by atoms with van der Waals surface area (Å²) in [4.78, 5) is 48.4. The Morgan fingerprint density at radius 2 is 1.79 bits per heavy atom. The molecule has 0 aliphatic carbocycles. The van der Waals surface area contributed by atoms with E-state index in [1.54, 1.807) is 37.0 Å². The van der Waals surface area contributed by atoms with E-state index in [1.165, 1.54) is 24.8 Å². The van der Waals surface area contributed by atoms with Crippen molar-refractivity contribution in [2.45, 2.75) is 26.3 Å². The molecule has 1 aromatic carbocycles. The summed E-state index contributed by atoms with van der Waals surface area (Å²) < 4.78 is 16.4. The molecule has 1 saturated heterocycles. The minimum atomic E-state index is -0.594. The molecule has 3 heterocycles. The number of ether oxygens (including phenoxy) is 3. The van der Waals surface area contributed by atoms with Gasteiger partial charge in [0.2, 0.25) is 11.8 Å². The number of rotatable bonds is 8. The monoisotopic (exact) mass is 540 g/mol. The van der Waals surface area contributed by atoms with Crippen LogP contribution in [-0.4, -0.2) is 84.7 Å². The molecule has 3 aliphatic heterocycles. The summed E-state index contributed by atoms with van der Waals surface area (Å²) in [6.07, 6.45) is 1.64. The molecule has 202 valence electrons. The fourth-order valence-corrected chi connectivity index (χ4v) is 5.68. The molecule has 38 heavy (non-hydrogen) atoms. The van der Waals surface area contributed by atoms with Crippen LogP contribution in [0.25, 0.3) is 0 Å². The standard InChI is InChI=1S/C27H32N4O6S/c1-6-13-37-26(34)24-17(2)28-27-31(25(24)19-7-8-21(35-4)22(14-19)36-5)20(16-38-27)15-23(33)30-11-9-29(10-12-30)18(3)32/h6-8,14,16,25H,1,9-13,15H2,2-5H3. The van der Waals surface area contributed by atoms with Crippen LogP contribution in [-0.2, 0) is 19.1 Å². The van der Waals surface area contributed by atoms with E-state index < -0.39 is 12.0 Å². The van der Waals surface area contributed by atoms with Crippen molar-refractivity contribution in [1.29, 1.82) is 0 Å². The lowest BCUT2D eigenvalue weighted by Crippen LogP contribution is -2.50. The number of carbonyl (C=O) groups is 3. The number of methoxy groups -OCH3 is 2. The molecule has 0 spiro atoms. The van der Waals surface area contributed by atoms with Crippen molar-refractivity contribution in [3.8, 4) is 11.5 Å². The Labute approximate surface area is 226 Å². The normalized spacial score (nSPS) is 18.9. The predicted molar refractivity (Wildman–Crippen MR) is 145 cm³/mol. The van der Waals surface area contributed by atoms with Crippen molar-refractivity contribution >= 4 is 34.7 Å². The molecular weight excluding hydrogens is 508 g/mol. The smallest absolute Gasteiger partial charge is 0.338 e. The van der Waals surface area contributed by atoms with Crippen molar-refractivity contribution in [2.75, 3.05) is 47.0 Å². The summed E-state index contributed by atoms with van der Waals surface area (Å²) >= 11 is 1.41. The van der Waals surface area contributed by atoms with E-state index in [-0.39, 0.29) is 24.8 Å². The van der Waals surface area contributed by atoms with E-state index in [0.29, 0.717) is 54.1 Å². The number of thioether (sulfide) groups is 1. The fourth-order valence-electron chi connectivity index (χ4n) is 4.72. The molecule has 1 aromatic rings. The SMILES string of the molecule is C=CCOC(=O)C1=C(C)N=C2SC=C(CC(=O)N3CCN(C(C)=O)CC3)N2C1c1ccc(OC)c(OC)c1. The Balaban J connectivity index is 1.66. The number of hydrogen-bond acceptors (Lipinski definition) is 9. The fraction of sp³-hybridized carbons (Fsp3) is 0.407. The van der Waals surface area contributed by atoms with Crippen molar-refractivity contribution in [3.63, 3.8) is 0 Å².